The molecular weight excluding hydrogens is 286 g/mol. The monoisotopic (exact) mass is 296 g/mol. The van der Waals surface area contributed by atoms with Crippen molar-refractivity contribution in [1.82, 2.24) is 0 Å². The number of benzene rings is 2. The van der Waals surface area contributed by atoms with Gasteiger partial charge in [0.05, 0.1) is 5.02 Å². The van der Waals surface area contributed by atoms with Gasteiger partial charge in [0, 0.05) is 11.6 Å². The molecule has 0 aromatic heterocycles. The third-order valence-corrected chi connectivity index (χ3v) is 2.87. The fourth-order valence-corrected chi connectivity index (χ4v) is 1.74. The van der Waals surface area contributed by atoms with Crippen molar-refractivity contribution >= 4 is 17.4 Å². The van der Waals surface area contributed by atoms with Gasteiger partial charge in [0.25, 0.3) is 0 Å². The van der Waals surface area contributed by atoms with Gasteiger partial charge in [0.1, 0.15) is 29.8 Å². The van der Waals surface area contributed by atoms with Crippen molar-refractivity contribution in [1.29, 1.82) is 5.41 Å². The Bertz CT molecular complexity index is 662. The van der Waals surface area contributed by atoms with E-state index in [0.717, 1.165) is 12.1 Å². The lowest BCUT2D eigenvalue weighted by molar-refractivity contribution is 0.304. The highest BCUT2D eigenvalue weighted by Gasteiger charge is 2.06. The van der Waals surface area contributed by atoms with Crippen LogP contribution in [-0.2, 0) is 6.61 Å². The Hall–Kier alpha value is -2.14. The number of amidine groups is 1. The Morgan fingerprint density at radius 1 is 1.20 bits per heavy atom. The summed E-state index contributed by atoms with van der Waals surface area (Å²) >= 11 is 5.56. The Labute approximate surface area is 119 Å². The topological polar surface area (TPSA) is 59.1 Å². The van der Waals surface area contributed by atoms with Crippen molar-refractivity contribution in [3.63, 3.8) is 0 Å². The van der Waals surface area contributed by atoms with E-state index in [2.05, 4.69) is 0 Å². The molecule has 0 bridgehead atoms. The molecule has 20 heavy (non-hydrogen) atoms. The van der Waals surface area contributed by atoms with Crippen LogP contribution in [0.1, 0.15) is 11.1 Å². The first-order chi connectivity index (χ1) is 9.45. The quantitative estimate of drug-likeness (QED) is 0.670. The third kappa shape index (κ3) is 3.45. The van der Waals surface area contributed by atoms with Crippen LogP contribution in [0, 0.1) is 17.0 Å². The maximum Gasteiger partial charge on any atom is 0.145 e. The summed E-state index contributed by atoms with van der Waals surface area (Å²) in [7, 11) is 0. The van der Waals surface area contributed by atoms with Crippen LogP contribution in [0.2, 0.25) is 5.02 Å². The number of hydrogen-bond acceptors (Lipinski definition) is 2. The minimum absolute atomic E-state index is 0.00183. The molecule has 0 spiro atoms. The van der Waals surface area contributed by atoms with Gasteiger partial charge in [-0.2, -0.15) is 0 Å². The van der Waals surface area contributed by atoms with E-state index >= 15 is 0 Å². The smallest absolute Gasteiger partial charge is 0.145 e. The molecule has 2 rings (SSSR count). The van der Waals surface area contributed by atoms with E-state index in [0.29, 0.717) is 5.56 Å². The Morgan fingerprint density at radius 3 is 2.60 bits per heavy atom. The van der Waals surface area contributed by atoms with Crippen LogP contribution in [0.25, 0.3) is 0 Å². The molecule has 3 nitrogen and oxygen atoms in total. The number of halogens is 3. The van der Waals surface area contributed by atoms with Gasteiger partial charge in [0.15, 0.2) is 0 Å². The zero-order chi connectivity index (χ0) is 14.7. The summed E-state index contributed by atoms with van der Waals surface area (Å²) in [5, 5.41) is 7.28. The SMILES string of the molecule is N=C(N)c1cc(F)cc(COc2ccc(Cl)c(F)c2)c1. The number of rotatable bonds is 4. The molecule has 2 aromatic carbocycles. The second kappa shape index (κ2) is 5.88. The number of hydrogen-bond donors (Lipinski definition) is 2. The van der Waals surface area contributed by atoms with E-state index in [1.54, 1.807) is 0 Å². The molecular formula is C14H11ClF2N2O. The van der Waals surface area contributed by atoms with Crippen LogP contribution >= 0.6 is 11.6 Å². The molecule has 0 aliphatic heterocycles. The van der Waals surface area contributed by atoms with Crippen LogP contribution in [0.5, 0.6) is 5.75 Å². The van der Waals surface area contributed by atoms with Gasteiger partial charge in [-0.3, -0.25) is 5.41 Å². The second-order valence-corrected chi connectivity index (χ2v) is 4.53. The zero-order valence-corrected chi connectivity index (χ0v) is 11.0. The van der Waals surface area contributed by atoms with Gasteiger partial charge in [-0.1, -0.05) is 11.6 Å². The minimum Gasteiger partial charge on any atom is -0.489 e. The molecule has 3 N–H and O–H groups in total. The van der Waals surface area contributed by atoms with Gasteiger partial charge in [-0.15, -0.1) is 0 Å². The largest absolute Gasteiger partial charge is 0.489 e. The molecule has 0 aliphatic carbocycles. The number of ether oxygens (including phenoxy) is 1. The van der Waals surface area contributed by atoms with Gasteiger partial charge in [-0.25, -0.2) is 8.78 Å². The van der Waals surface area contributed by atoms with Gasteiger partial charge < -0.3 is 10.5 Å². The number of nitrogens with one attached hydrogen (secondary N) is 1. The van der Waals surface area contributed by atoms with Crippen molar-refractivity contribution in [2.45, 2.75) is 6.61 Å². The molecule has 0 fully saturated rings. The first-order valence-corrected chi connectivity index (χ1v) is 6.05. The summed E-state index contributed by atoms with van der Waals surface area (Å²) in [4.78, 5) is 0. The molecule has 0 atom stereocenters. The molecule has 0 saturated carbocycles. The Kier molecular flexibility index (Phi) is 4.20. The van der Waals surface area contributed by atoms with E-state index in [1.165, 1.54) is 24.3 Å². The van der Waals surface area contributed by atoms with E-state index in [-0.39, 0.29) is 28.8 Å². The van der Waals surface area contributed by atoms with Crippen LogP contribution in [0.4, 0.5) is 8.78 Å². The molecule has 6 heteroatoms. The van der Waals surface area contributed by atoms with Gasteiger partial charge in [-0.05, 0) is 35.9 Å². The highest BCUT2D eigenvalue weighted by atomic mass is 35.5. The standard InChI is InChI=1S/C14H11ClF2N2O/c15-12-2-1-11(6-13(12)17)20-7-8-3-9(14(18)19)5-10(16)4-8/h1-6H,7H2,(H3,18,19). The predicted molar refractivity (Wildman–Crippen MR) is 73.2 cm³/mol. The van der Waals surface area contributed by atoms with Crippen LogP contribution in [-0.4, -0.2) is 5.84 Å². The molecule has 0 aliphatic rings. The molecule has 104 valence electrons. The first-order valence-electron chi connectivity index (χ1n) is 5.67. The summed E-state index contributed by atoms with van der Waals surface area (Å²) in [6, 6.07) is 7.99. The molecule has 0 radical (unpaired) electrons. The summed E-state index contributed by atoms with van der Waals surface area (Å²) < 4.78 is 31.9. The number of nitrogen functional groups attached to an aromatic ring is 1. The molecule has 2 aromatic rings. The lowest BCUT2D eigenvalue weighted by Gasteiger charge is -2.08. The molecule has 0 saturated heterocycles. The van der Waals surface area contributed by atoms with Crippen molar-refractivity contribution < 1.29 is 13.5 Å². The summed E-state index contributed by atoms with van der Waals surface area (Å²) in [5.41, 5.74) is 6.07. The number of nitrogens with two attached hydrogens (primary N) is 1. The fourth-order valence-electron chi connectivity index (χ4n) is 1.62. The zero-order valence-electron chi connectivity index (χ0n) is 10.3. The van der Waals surface area contributed by atoms with Gasteiger partial charge >= 0.3 is 0 Å². The van der Waals surface area contributed by atoms with E-state index in [9.17, 15) is 8.78 Å². The first kappa shape index (κ1) is 14.3. The van der Waals surface area contributed by atoms with Crippen LogP contribution in [0.15, 0.2) is 36.4 Å². The highest BCUT2D eigenvalue weighted by Crippen LogP contribution is 2.21. The van der Waals surface area contributed by atoms with Crippen molar-refractivity contribution in [2.75, 3.05) is 0 Å². The van der Waals surface area contributed by atoms with Gasteiger partial charge in [0.2, 0.25) is 0 Å². The van der Waals surface area contributed by atoms with E-state index in [1.807, 2.05) is 0 Å². The van der Waals surface area contributed by atoms with Crippen LogP contribution < -0.4 is 10.5 Å². The van der Waals surface area contributed by atoms with Crippen molar-refractivity contribution in [3.8, 4) is 5.75 Å². The average molecular weight is 297 g/mol. The van der Waals surface area contributed by atoms with E-state index in [4.69, 9.17) is 27.5 Å². The highest BCUT2D eigenvalue weighted by molar-refractivity contribution is 6.30. The maximum absolute atomic E-state index is 13.3. The second-order valence-electron chi connectivity index (χ2n) is 4.13. The normalized spacial score (nSPS) is 10.3. The fraction of sp³-hybridized carbons (Fsp3) is 0.0714. The predicted octanol–water partition coefficient (Wildman–Crippen LogP) is 3.48. The van der Waals surface area contributed by atoms with E-state index < -0.39 is 11.6 Å². The summed E-state index contributed by atoms with van der Waals surface area (Å²) in [6.07, 6.45) is 0. The lowest BCUT2D eigenvalue weighted by atomic mass is 10.1. The lowest BCUT2D eigenvalue weighted by Crippen LogP contribution is -2.12. The third-order valence-electron chi connectivity index (χ3n) is 2.57. The molecule has 0 unspecified atom stereocenters. The van der Waals surface area contributed by atoms with Crippen LogP contribution in [0.3, 0.4) is 0 Å². The summed E-state index contributed by atoms with van der Waals surface area (Å²) in [6.45, 7) is 0.0269. The van der Waals surface area contributed by atoms with Crippen molar-refractivity contribution in [3.05, 3.63) is 64.2 Å². The Balaban J connectivity index is 2.14. The Morgan fingerprint density at radius 2 is 1.95 bits per heavy atom. The molecule has 0 heterocycles. The average Bonchev–Trinajstić information content (AvgIpc) is 2.39. The van der Waals surface area contributed by atoms with Crippen molar-refractivity contribution in [2.24, 2.45) is 5.73 Å². The minimum atomic E-state index is -0.590. The molecule has 0 amide bonds. The maximum atomic E-state index is 13.3. The summed E-state index contributed by atoms with van der Waals surface area (Å²) in [5.74, 6) is -1.06.